The van der Waals surface area contributed by atoms with Crippen molar-refractivity contribution in [1.29, 1.82) is 0 Å². The lowest BCUT2D eigenvalue weighted by Crippen LogP contribution is -2.50. The summed E-state index contributed by atoms with van der Waals surface area (Å²) in [5, 5.41) is 6.96. The molecular weight excluding hydrogens is 208 g/mol. The third-order valence-electron chi connectivity index (χ3n) is 3.61. The maximum absolute atomic E-state index is 3.57. The van der Waals surface area contributed by atoms with E-state index in [0.717, 1.165) is 13.0 Å². The zero-order valence-corrected chi connectivity index (χ0v) is 10.9. The first kappa shape index (κ1) is 12.4. The van der Waals surface area contributed by atoms with Crippen molar-refractivity contribution in [2.24, 2.45) is 5.92 Å². The lowest BCUT2D eigenvalue weighted by molar-refractivity contribution is 0.277. The van der Waals surface area contributed by atoms with Crippen LogP contribution < -0.4 is 10.6 Å². The fourth-order valence-corrected chi connectivity index (χ4v) is 2.53. The lowest BCUT2D eigenvalue weighted by Gasteiger charge is -2.36. The molecule has 0 radical (unpaired) electrons. The molecule has 1 fully saturated rings. The van der Waals surface area contributed by atoms with Crippen LogP contribution in [0.4, 0.5) is 0 Å². The lowest BCUT2D eigenvalue weighted by atomic mass is 9.87. The summed E-state index contributed by atoms with van der Waals surface area (Å²) in [6, 6.07) is 1.40. The summed E-state index contributed by atoms with van der Waals surface area (Å²) in [6.07, 6.45) is 14.8. The van der Waals surface area contributed by atoms with Crippen molar-refractivity contribution in [3.8, 4) is 0 Å². The van der Waals surface area contributed by atoms with Crippen molar-refractivity contribution < 1.29 is 0 Å². The van der Waals surface area contributed by atoms with Crippen LogP contribution in [0.25, 0.3) is 0 Å². The van der Waals surface area contributed by atoms with Crippen LogP contribution in [0.1, 0.15) is 33.1 Å². The van der Waals surface area contributed by atoms with Gasteiger partial charge in [-0.3, -0.25) is 0 Å². The Morgan fingerprint density at radius 1 is 1.24 bits per heavy atom. The standard InChI is InChI=1S/C15H24N2/c1-12-7-5-3-4-6-8-16-11-14(12)10-15-9-13(2)17-15/h4-7,11-13,15-17H,3,8-10H2,1-2H3/b6-4-,7-5-,14-11-. The van der Waals surface area contributed by atoms with Crippen LogP contribution in [0.15, 0.2) is 36.1 Å². The van der Waals surface area contributed by atoms with Gasteiger partial charge in [0.05, 0.1) is 0 Å². The van der Waals surface area contributed by atoms with E-state index in [1.54, 1.807) is 0 Å². The van der Waals surface area contributed by atoms with Gasteiger partial charge in [-0.15, -0.1) is 0 Å². The van der Waals surface area contributed by atoms with Gasteiger partial charge in [0.2, 0.25) is 0 Å². The summed E-state index contributed by atoms with van der Waals surface area (Å²) in [5.74, 6) is 0.548. The summed E-state index contributed by atoms with van der Waals surface area (Å²) >= 11 is 0. The molecule has 0 bridgehead atoms. The van der Waals surface area contributed by atoms with Crippen molar-refractivity contribution in [3.63, 3.8) is 0 Å². The summed E-state index contributed by atoms with van der Waals surface area (Å²) in [6.45, 7) is 5.49. The van der Waals surface area contributed by atoms with E-state index < -0.39 is 0 Å². The van der Waals surface area contributed by atoms with E-state index in [-0.39, 0.29) is 0 Å². The second kappa shape index (κ2) is 6.06. The van der Waals surface area contributed by atoms with Crippen molar-refractivity contribution >= 4 is 0 Å². The first-order chi connectivity index (χ1) is 8.25. The molecule has 3 atom stereocenters. The third-order valence-corrected chi connectivity index (χ3v) is 3.61. The Morgan fingerprint density at radius 2 is 2.06 bits per heavy atom. The molecule has 17 heavy (non-hydrogen) atoms. The monoisotopic (exact) mass is 232 g/mol. The molecule has 1 saturated heterocycles. The van der Waals surface area contributed by atoms with Crippen LogP contribution in [0.5, 0.6) is 0 Å². The zero-order chi connectivity index (χ0) is 12.1. The second-order valence-corrected chi connectivity index (χ2v) is 5.26. The predicted molar refractivity (Wildman–Crippen MR) is 73.8 cm³/mol. The van der Waals surface area contributed by atoms with E-state index in [0.29, 0.717) is 18.0 Å². The minimum absolute atomic E-state index is 0.548. The van der Waals surface area contributed by atoms with E-state index in [9.17, 15) is 0 Å². The molecule has 2 aliphatic heterocycles. The van der Waals surface area contributed by atoms with Gasteiger partial charge in [-0.1, -0.05) is 31.2 Å². The van der Waals surface area contributed by atoms with Gasteiger partial charge in [0.15, 0.2) is 0 Å². The predicted octanol–water partition coefficient (Wildman–Crippen LogP) is 2.75. The van der Waals surface area contributed by atoms with Gasteiger partial charge in [-0.2, -0.15) is 0 Å². The van der Waals surface area contributed by atoms with Crippen molar-refractivity contribution in [2.75, 3.05) is 6.54 Å². The van der Waals surface area contributed by atoms with E-state index >= 15 is 0 Å². The minimum Gasteiger partial charge on any atom is -0.387 e. The average Bonchev–Trinajstić information content (AvgIpc) is 2.28. The van der Waals surface area contributed by atoms with Crippen LogP contribution in [0.2, 0.25) is 0 Å². The fraction of sp³-hybridized carbons (Fsp3) is 0.600. The Hall–Kier alpha value is -1.02. The summed E-state index contributed by atoms with van der Waals surface area (Å²) in [5.41, 5.74) is 1.51. The summed E-state index contributed by atoms with van der Waals surface area (Å²) in [4.78, 5) is 0. The molecular formula is C15H24N2. The topological polar surface area (TPSA) is 24.1 Å². The van der Waals surface area contributed by atoms with Crippen LogP contribution in [0, 0.1) is 5.92 Å². The molecule has 0 aromatic heterocycles. The highest BCUT2D eigenvalue weighted by molar-refractivity contribution is 5.16. The Balaban J connectivity index is 1.95. The number of rotatable bonds is 2. The number of nitrogens with one attached hydrogen (secondary N) is 2. The van der Waals surface area contributed by atoms with E-state index in [4.69, 9.17) is 0 Å². The van der Waals surface area contributed by atoms with Gasteiger partial charge in [-0.25, -0.2) is 0 Å². The SMILES string of the molecule is CC1CC(C/C2=C/NC/C=C\C/C=C\C2C)N1. The smallest absolute Gasteiger partial charge is 0.0325 e. The molecule has 2 heterocycles. The molecule has 3 unspecified atom stereocenters. The van der Waals surface area contributed by atoms with Crippen LogP contribution >= 0.6 is 0 Å². The van der Waals surface area contributed by atoms with Gasteiger partial charge in [0, 0.05) is 18.6 Å². The van der Waals surface area contributed by atoms with Crippen LogP contribution in [-0.4, -0.2) is 18.6 Å². The molecule has 2 heteroatoms. The Kier molecular flexibility index (Phi) is 4.43. The largest absolute Gasteiger partial charge is 0.387 e. The van der Waals surface area contributed by atoms with Gasteiger partial charge in [-0.05, 0) is 43.9 Å². The van der Waals surface area contributed by atoms with Gasteiger partial charge in [0.25, 0.3) is 0 Å². The molecule has 2 aliphatic rings. The average molecular weight is 232 g/mol. The minimum atomic E-state index is 0.548. The molecule has 0 saturated carbocycles. The highest BCUT2D eigenvalue weighted by atomic mass is 15.0. The molecule has 0 aromatic rings. The van der Waals surface area contributed by atoms with Gasteiger partial charge < -0.3 is 10.6 Å². The summed E-state index contributed by atoms with van der Waals surface area (Å²) < 4.78 is 0. The second-order valence-electron chi connectivity index (χ2n) is 5.26. The molecule has 2 nitrogen and oxygen atoms in total. The molecule has 2 rings (SSSR count). The zero-order valence-electron chi connectivity index (χ0n) is 10.9. The number of allylic oxidation sites excluding steroid dienone is 3. The number of hydrogen-bond acceptors (Lipinski definition) is 2. The first-order valence-electron chi connectivity index (χ1n) is 6.75. The Bertz CT molecular complexity index is 322. The molecule has 0 aromatic carbocycles. The highest BCUT2D eigenvalue weighted by Gasteiger charge is 2.25. The molecule has 0 aliphatic carbocycles. The van der Waals surface area contributed by atoms with Gasteiger partial charge in [0.1, 0.15) is 0 Å². The first-order valence-corrected chi connectivity index (χ1v) is 6.75. The normalized spacial score (nSPS) is 40.4. The van der Waals surface area contributed by atoms with Crippen molar-refractivity contribution in [1.82, 2.24) is 10.6 Å². The highest BCUT2D eigenvalue weighted by Crippen LogP contribution is 2.24. The number of hydrogen-bond donors (Lipinski definition) is 2. The third kappa shape index (κ3) is 3.74. The van der Waals surface area contributed by atoms with E-state index in [2.05, 4.69) is 55.0 Å². The van der Waals surface area contributed by atoms with E-state index in [1.807, 2.05) is 0 Å². The maximum Gasteiger partial charge on any atom is 0.0325 e. The fourth-order valence-electron chi connectivity index (χ4n) is 2.53. The quantitative estimate of drug-likeness (QED) is 0.715. The van der Waals surface area contributed by atoms with Gasteiger partial charge >= 0.3 is 0 Å². The molecule has 0 amide bonds. The summed E-state index contributed by atoms with van der Waals surface area (Å²) in [7, 11) is 0. The van der Waals surface area contributed by atoms with Crippen molar-refractivity contribution in [2.45, 2.75) is 45.2 Å². The molecule has 94 valence electrons. The Labute approximate surface area is 105 Å². The molecule has 0 spiro atoms. The van der Waals surface area contributed by atoms with E-state index in [1.165, 1.54) is 18.4 Å². The maximum atomic E-state index is 3.57. The van der Waals surface area contributed by atoms with Crippen LogP contribution in [0.3, 0.4) is 0 Å². The Morgan fingerprint density at radius 3 is 2.82 bits per heavy atom. The van der Waals surface area contributed by atoms with Crippen molar-refractivity contribution in [3.05, 3.63) is 36.1 Å². The molecule has 2 N–H and O–H groups in total. The van der Waals surface area contributed by atoms with Crippen LogP contribution in [-0.2, 0) is 0 Å².